The van der Waals surface area contributed by atoms with Crippen LogP contribution in [0.3, 0.4) is 0 Å². The molecule has 27 heavy (non-hydrogen) atoms. The summed E-state index contributed by atoms with van der Waals surface area (Å²) in [6, 6.07) is 9.57. The van der Waals surface area contributed by atoms with E-state index in [9.17, 15) is 18.5 Å². The lowest BCUT2D eigenvalue weighted by atomic mass is 10.1. The lowest BCUT2D eigenvalue weighted by molar-refractivity contribution is -0.384. The Hall–Kier alpha value is -2.49. The molecule has 1 N–H and O–H groups in total. The summed E-state index contributed by atoms with van der Waals surface area (Å²) in [4.78, 5) is 10.9. The first-order chi connectivity index (χ1) is 12.8. The van der Waals surface area contributed by atoms with Crippen molar-refractivity contribution in [2.45, 2.75) is 18.7 Å². The predicted molar refractivity (Wildman–Crippen MR) is 102 cm³/mol. The highest BCUT2D eigenvalue weighted by atomic mass is 32.2. The molecule has 2 aromatic carbocycles. The minimum Gasteiger partial charge on any atom is -0.379 e. The number of benzene rings is 2. The SMILES string of the molecule is Cc1cccc(Nc2ccc(S(=O)(=O)N3CCOCC3)cc2[N+](=O)[O-])c1C. The number of hydrogen-bond donors (Lipinski definition) is 1. The molecule has 8 nitrogen and oxygen atoms in total. The molecule has 9 heteroatoms. The second-order valence-corrected chi connectivity index (χ2v) is 8.26. The Morgan fingerprint density at radius 3 is 2.48 bits per heavy atom. The first-order valence-corrected chi connectivity index (χ1v) is 9.94. The van der Waals surface area contributed by atoms with Crippen molar-refractivity contribution in [2.75, 3.05) is 31.6 Å². The molecule has 1 aliphatic heterocycles. The first kappa shape index (κ1) is 19.3. The van der Waals surface area contributed by atoms with Crippen molar-refractivity contribution in [3.05, 3.63) is 57.6 Å². The van der Waals surface area contributed by atoms with Gasteiger partial charge in [-0.1, -0.05) is 12.1 Å². The molecule has 1 aliphatic rings. The monoisotopic (exact) mass is 391 g/mol. The maximum atomic E-state index is 12.8. The van der Waals surface area contributed by atoms with Gasteiger partial charge in [0.1, 0.15) is 5.69 Å². The topological polar surface area (TPSA) is 102 Å². The standard InChI is InChI=1S/C18H21N3O5S/c1-13-4-3-5-16(14(13)2)19-17-7-6-15(12-18(17)21(22)23)27(24,25)20-8-10-26-11-9-20/h3-7,12,19H,8-11H2,1-2H3. The third kappa shape index (κ3) is 3.95. The Labute approximate surface area is 158 Å². The normalized spacial score (nSPS) is 15.5. The van der Waals surface area contributed by atoms with Gasteiger partial charge in [0, 0.05) is 24.8 Å². The number of anilines is 2. The van der Waals surface area contributed by atoms with Crippen LogP contribution >= 0.6 is 0 Å². The number of sulfonamides is 1. The van der Waals surface area contributed by atoms with Crippen LogP contribution in [0.25, 0.3) is 0 Å². The summed E-state index contributed by atoms with van der Waals surface area (Å²) in [6.07, 6.45) is 0. The van der Waals surface area contributed by atoms with Gasteiger partial charge in [-0.05, 0) is 43.2 Å². The Morgan fingerprint density at radius 1 is 1.11 bits per heavy atom. The van der Waals surface area contributed by atoms with E-state index in [1.165, 1.54) is 16.4 Å². The number of aryl methyl sites for hydroxylation is 1. The number of rotatable bonds is 5. The minimum atomic E-state index is -3.80. The summed E-state index contributed by atoms with van der Waals surface area (Å²) in [5.74, 6) is 0. The second kappa shape index (κ2) is 7.63. The van der Waals surface area contributed by atoms with Gasteiger partial charge in [-0.3, -0.25) is 10.1 Å². The summed E-state index contributed by atoms with van der Waals surface area (Å²) >= 11 is 0. The van der Waals surface area contributed by atoms with E-state index in [-0.39, 0.29) is 29.4 Å². The Kier molecular flexibility index (Phi) is 5.45. The van der Waals surface area contributed by atoms with E-state index in [1.807, 2.05) is 32.0 Å². The molecule has 0 atom stereocenters. The van der Waals surface area contributed by atoms with Gasteiger partial charge in [0.25, 0.3) is 5.69 Å². The maximum Gasteiger partial charge on any atom is 0.294 e. The lowest BCUT2D eigenvalue weighted by Gasteiger charge is -2.26. The number of nitro benzene ring substituents is 1. The van der Waals surface area contributed by atoms with Crippen molar-refractivity contribution in [3.8, 4) is 0 Å². The highest BCUT2D eigenvalue weighted by Gasteiger charge is 2.29. The zero-order chi connectivity index (χ0) is 19.6. The third-order valence-corrected chi connectivity index (χ3v) is 6.54. The van der Waals surface area contributed by atoms with Crippen molar-refractivity contribution in [1.82, 2.24) is 4.31 Å². The summed E-state index contributed by atoms with van der Waals surface area (Å²) < 4.78 is 32.0. The van der Waals surface area contributed by atoms with Gasteiger partial charge in [-0.25, -0.2) is 8.42 Å². The molecule has 1 heterocycles. The van der Waals surface area contributed by atoms with Crippen molar-refractivity contribution in [2.24, 2.45) is 0 Å². The van der Waals surface area contributed by atoms with E-state index in [0.717, 1.165) is 22.9 Å². The number of nitro groups is 1. The summed E-state index contributed by atoms with van der Waals surface area (Å²) in [7, 11) is -3.80. The van der Waals surface area contributed by atoms with Gasteiger partial charge in [-0.2, -0.15) is 4.31 Å². The minimum absolute atomic E-state index is 0.0948. The van der Waals surface area contributed by atoms with Crippen LogP contribution in [-0.4, -0.2) is 43.9 Å². The van der Waals surface area contributed by atoms with Gasteiger partial charge in [0.15, 0.2) is 0 Å². The highest BCUT2D eigenvalue weighted by Crippen LogP contribution is 2.32. The van der Waals surface area contributed by atoms with E-state index >= 15 is 0 Å². The van der Waals surface area contributed by atoms with E-state index in [4.69, 9.17) is 4.74 Å². The molecule has 144 valence electrons. The van der Waals surface area contributed by atoms with Crippen LogP contribution in [-0.2, 0) is 14.8 Å². The van der Waals surface area contributed by atoms with E-state index in [1.54, 1.807) is 0 Å². The van der Waals surface area contributed by atoms with E-state index in [0.29, 0.717) is 13.2 Å². The Morgan fingerprint density at radius 2 is 1.81 bits per heavy atom. The molecular weight excluding hydrogens is 370 g/mol. The number of hydrogen-bond acceptors (Lipinski definition) is 6. The maximum absolute atomic E-state index is 12.8. The largest absolute Gasteiger partial charge is 0.379 e. The molecule has 0 spiro atoms. The summed E-state index contributed by atoms with van der Waals surface area (Å²) in [5.41, 5.74) is 2.72. The molecule has 3 rings (SSSR count). The van der Waals surface area contributed by atoms with Crippen molar-refractivity contribution < 1.29 is 18.1 Å². The Balaban J connectivity index is 1.98. The summed E-state index contributed by atoms with van der Waals surface area (Å²) in [6.45, 7) is 4.96. The van der Waals surface area contributed by atoms with E-state index < -0.39 is 14.9 Å². The summed E-state index contributed by atoms with van der Waals surface area (Å²) in [5, 5.41) is 14.6. The van der Waals surface area contributed by atoms with Gasteiger partial charge in [0.2, 0.25) is 10.0 Å². The van der Waals surface area contributed by atoms with Gasteiger partial charge in [0.05, 0.1) is 23.0 Å². The first-order valence-electron chi connectivity index (χ1n) is 8.50. The third-order valence-electron chi connectivity index (χ3n) is 4.65. The van der Waals surface area contributed by atoms with Crippen LogP contribution in [0, 0.1) is 24.0 Å². The second-order valence-electron chi connectivity index (χ2n) is 6.32. The molecule has 0 radical (unpaired) electrons. The van der Waals surface area contributed by atoms with Crippen molar-refractivity contribution in [1.29, 1.82) is 0 Å². The number of ether oxygens (including phenoxy) is 1. The fourth-order valence-electron chi connectivity index (χ4n) is 2.90. The van der Waals surface area contributed by atoms with Crippen molar-refractivity contribution in [3.63, 3.8) is 0 Å². The number of morpholine rings is 1. The molecule has 0 saturated carbocycles. The quantitative estimate of drug-likeness (QED) is 0.621. The predicted octanol–water partition coefficient (Wildman–Crippen LogP) is 2.98. The fraction of sp³-hybridized carbons (Fsp3) is 0.333. The lowest BCUT2D eigenvalue weighted by Crippen LogP contribution is -2.40. The number of nitrogens with one attached hydrogen (secondary N) is 1. The van der Waals surface area contributed by atoms with Crippen LogP contribution in [0.5, 0.6) is 0 Å². The van der Waals surface area contributed by atoms with Crippen LogP contribution in [0.15, 0.2) is 41.3 Å². The molecule has 0 aliphatic carbocycles. The Bertz CT molecular complexity index is 969. The molecule has 0 amide bonds. The van der Waals surface area contributed by atoms with Crippen LogP contribution < -0.4 is 5.32 Å². The zero-order valence-corrected chi connectivity index (χ0v) is 16.0. The van der Waals surface area contributed by atoms with Crippen LogP contribution in [0.4, 0.5) is 17.1 Å². The molecule has 0 bridgehead atoms. The molecule has 2 aromatic rings. The zero-order valence-electron chi connectivity index (χ0n) is 15.1. The fourth-order valence-corrected chi connectivity index (χ4v) is 4.32. The van der Waals surface area contributed by atoms with Gasteiger partial charge < -0.3 is 10.1 Å². The molecule has 1 saturated heterocycles. The van der Waals surface area contributed by atoms with E-state index in [2.05, 4.69) is 5.32 Å². The molecule has 0 aromatic heterocycles. The molecule has 0 unspecified atom stereocenters. The highest BCUT2D eigenvalue weighted by molar-refractivity contribution is 7.89. The van der Waals surface area contributed by atoms with Crippen molar-refractivity contribution >= 4 is 27.1 Å². The van der Waals surface area contributed by atoms with Gasteiger partial charge in [-0.15, -0.1) is 0 Å². The van der Waals surface area contributed by atoms with Crippen LogP contribution in [0.1, 0.15) is 11.1 Å². The number of nitrogens with zero attached hydrogens (tertiary/aromatic N) is 2. The van der Waals surface area contributed by atoms with Gasteiger partial charge >= 0.3 is 0 Å². The van der Waals surface area contributed by atoms with Crippen LogP contribution in [0.2, 0.25) is 0 Å². The smallest absolute Gasteiger partial charge is 0.294 e. The molecular formula is C18H21N3O5S. The molecule has 1 fully saturated rings. The average Bonchev–Trinajstić information content (AvgIpc) is 2.66. The average molecular weight is 391 g/mol.